The molecule has 28 heavy (non-hydrogen) atoms. The van der Waals surface area contributed by atoms with Crippen molar-refractivity contribution in [2.75, 3.05) is 17.1 Å². The van der Waals surface area contributed by atoms with Crippen LogP contribution in [0.4, 0.5) is 5.69 Å². The third-order valence-corrected chi connectivity index (χ3v) is 5.40. The second kappa shape index (κ2) is 8.44. The maximum absolute atomic E-state index is 13.1. The molecule has 0 aromatic heterocycles. The molecule has 0 spiro atoms. The van der Waals surface area contributed by atoms with Crippen LogP contribution in [0, 0.1) is 11.3 Å². The minimum atomic E-state index is -3.68. The van der Waals surface area contributed by atoms with E-state index in [9.17, 15) is 13.2 Å². The highest BCUT2D eigenvalue weighted by Gasteiger charge is 2.30. The lowest BCUT2D eigenvalue weighted by atomic mass is 10.0. The molecule has 7 heteroatoms. The van der Waals surface area contributed by atoms with Gasteiger partial charge in [-0.3, -0.25) is 9.10 Å². The van der Waals surface area contributed by atoms with Crippen LogP contribution < -0.4 is 4.31 Å². The number of hydrogen-bond acceptors (Lipinski definition) is 4. The van der Waals surface area contributed by atoms with Crippen LogP contribution in [0.25, 0.3) is 0 Å². The van der Waals surface area contributed by atoms with Gasteiger partial charge < -0.3 is 4.90 Å². The van der Waals surface area contributed by atoms with Gasteiger partial charge in [-0.05, 0) is 50.6 Å². The predicted octanol–water partition coefficient (Wildman–Crippen LogP) is 3.15. The summed E-state index contributed by atoms with van der Waals surface area (Å²) in [5, 5.41) is 8.93. The van der Waals surface area contributed by atoms with Crippen molar-refractivity contribution in [1.29, 1.82) is 5.26 Å². The SMILES string of the molecule is CC(C)(C)N(Cc1ccccc1)C(=O)CN(c1ccc(C#N)cc1)S(C)(=O)=O. The van der Waals surface area contributed by atoms with Crippen molar-refractivity contribution >= 4 is 21.6 Å². The highest BCUT2D eigenvalue weighted by Crippen LogP contribution is 2.22. The minimum Gasteiger partial charge on any atom is -0.332 e. The van der Waals surface area contributed by atoms with Crippen molar-refractivity contribution in [3.05, 3.63) is 65.7 Å². The summed E-state index contributed by atoms with van der Waals surface area (Å²) in [6.45, 7) is 5.82. The van der Waals surface area contributed by atoms with Gasteiger partial charge in [0.2, 0.25) is 15.9 Å². The first kappa shape index (κ1) is 21.5. The van der Waals surface area contributed by atoms with E-state index in [4.69, 9.17) is 5.26 Å². The van der Waals surface area contributed by atoms with Crippen LogP contribution in [0.2, 0.25) is 0 Å². The number of rotatable bonds is 6. The van der Waals surface area contributed by atoms with Crippen LogP contribution in [-0.2, 0) is 21.4 Å². The topological polar surface area (TPSA) is 81.5 Å². The minimum absolute atomic E-state index is 0.300. The van der Waals surface area contributed by atoms with Gasteiger partial charge >= 0.3 is 0 Å². The summed E-state index contributed by atoms with van der Waals surface area (Å²) in [5.41, 5.74) is 1.25. The van der Waals surface area contributed by atoms with Gasteiger partial charge in [-0.15, -0.1) is 0 Å². The fraction of sp³-hybridized carbons (Fsp3) is 0.333. The van der Waals surface area contributed by atoms with E-state index in [-0.39, 0.29) is 12.5 Å². The van der Waals surface area contributed by atoms with E-state index >= 15 is 0 Å². The molecule has 0 saturated carbocycles. The molecule has 148 valence electrons. The first-order valence-electron chi connectivity index (χ1n) is 8.84. The lowest BCUT2D eigenvalue weighted by Crippen LogP contribution is -2.50. The molecular weight excluding hydrogens is 374 g/mol. The number of sulfonamides is 1. The van der Waals surface area contributed by atoms with Gasteiger partial charge in [0.25, 0.3) is 0 Å². The number of carbonyl (C=O) groups excluding carboxylic acids is 1. The molecular formula is C21H25N3O3S. The average molecular weight is 400 g/mol. The van der Waals surface area contributed by atoms with Crippen LogP contribution >= 0.6 is 0 Å². The number of amides is 1. The Morgan fingerprint density at radius 1 is 1.04 bits per heavy atom. The van der Waals surface area contributed by atoms with Crippen molar-refractivity contribution in [1.82, 2.24) is 4.90 Å². The van der Waals surface area contributed by atoms with Crippen molar-refractivity contribution < 1.29 is 13.2 Å². The fourth-order valence-corrected chi connectivity index (χ4v) is 3.63. The normalized spacial score (nSPS) is 11.5. The molecule has 0 unspecified atom stereocenters. The van der Waals surface area contributed by atoms with Gasteiger partial charge in [-0.2, -0.15) is 5.26 Å². The number of anilines is 1. The number of nitrogens with zero attached hydrogens (tertiary/aromatic N) is 3. The molecule has 0 heterocycles. The van der Waals surface area contributed by atoms with Crippen molar-refractivity contribution in [2.24, 2.45) is 0 Å². The molecule has 2 aromatic rings. The van der Waals surface area contributed by atoms with Gasteiger partial charge in [-0.1, -0.05) is 30.3 Å². The molecule has 0 atom stereocenters. The highest BCUT2D eigenvalue weighted by molar-refractivity contribution is 7.92. The van der Waals surface area contributed by atoms with Crippen molar-refractivity contribution in [2.45, 2.75) is 32.9 Å². The molecule has 0 bridgehead atoms. The molecule has 0 aliphatic rings. The Balaban J connectivity index is 2.32. The van der Waals surface area contributed by atoms with Crippen molar-refractivity contribution in [3.8, 4) is 6.07 Å². The van der Waals surface area contributed by atoms with Crippen molar-refractivity contribution in [3.63, 3.8) is 0 Å². The van der Waals surface area contributed by atoms with Crippen LogP contribution in [0.5, 0.6) is 0 Å². The molecule has 0 aliphatic heterocycles. The summed E-state index contributed by atoms with van der Waals surface area (Å²) in [6.07, 6.45) is 1.07. The molecule has 6 nitrogen and oxygen atoms in total. The van der Waals surface area contributed by atoms with Gasteiger partial charge in [0.15, 0.2) is 0 Å². The van der Waals surface area contributed by atoms with Gasteiger partial charge in [0.05, 0.1) is 23.6 Å². The summed E-state index contributed by atoms with van der Waals surface area (Å²) < 4.78 is 25.8. The Kier molecular flexibility index (Phi) is 6.47. The second-order valence-electron chi connectivity index (χ2n) is 7.56. The molecule has 2 rings (SSSR count). The summed E-state index contributed by atoms with van der Waals surface area (Å²) in [4.78, 5) is 14.8. The maximum atomic E-state index is 13.1. The van der Waals surface area contributed by atoms with E-state index < -0.39 is 15.6 Å². The van der Waals surface area contributed by atoms with Crippen LogP contribution in [-0.4, -0.2) is 37.6 Å². The van der Waals surface area contributed by atoms with E-state index in [0.717, 1.165) is 16.1 Å². The average Bonchev–Trinajstić information content (AvgIpc) is 2.63. The number of nitriles is 1. The number of hydrogen-bond donors (Lipinski definition) is 0. The van der Waals surface area contributed by atoms with Gasteiger partial charge in [0, 0.05) is 12.1 Å². The van der Waals surface area contributed by atoms with E-state index in [1.54, 1.807) is 4.90 Å². The Morgan fingerprint density at radius 3 is 2.07 bits per heavy atom. The summed E-state index contributed by atoms with van der Waals surface area (Å²) in [7, 11) is -3.68. The molecule has 2 aromatic carbocycles. The summed E-state index contributed by atoms with van der Waals surface area (Å²) in [6, 6.07) is 17.7. The van der Waals surface area contributed by atoms with Crippen LogP contribution in [0.3, 0.4) is 0 Å². The van der Waals surface area contributed by atoms with Crippen LogP contribution in [0.1, 0.15) is 31.9 Å². The number of carbonyl (C=O) groups is 1. The molecule has 0 saturated heterocycles. The molecule has 0 N–H and O–H groups in total. The standard InChI is InChI=1S/C21H25N3O3S/c1-21(2,3)23(15-18-8-6-5-7-9-18)20(25)16-24(28(4,26)27)19-12-10-17(14-22)11-13-19/h5-13H,15-16H2,1-4H3. The zero-order chi connectivity index (χ0) is 20.9. The Bertz CT molecular complexity index is 957. The summed E-state index contributed by atoms with van der Waals surface area (Å²) in [5.74, 6) is -0.300. The third-order valence-electron chi connectivity index (χ3n) is 4.26. The Morgan fingerprint density at radius 2 is 1.61 bits per heavy atom. The Hall–Kier alpha value is -2.85. The largest absolute Gasteiger partial charge is 0.332 e. The van der Waals surface area contributed by atoms with Gasteiger partial charge in [-0.25, -0.2) is 8.42 Å². The monoisotopic (exact) mass is 399 g/mol. The highest BCUT2D eigenvalue weighted by atomic mass is 32.2. The zero-order valence-electron chi connectivity index (χ0n) is 16.6. The lowest BCUT2D eigenvalue weighted by molar-refractivity contribution is -0.135. The predicted molar refractivity (Wildman–Crippen MR) is 110 cm³/mol. The first-order valence-corrected chi connectivity index (χ1v) is 10.7. The fourth-order valence-electron chi connectivity index (χ4n) is 2.78. The van der Waals surface area contributed by atoms with Crippen LogP contribution in [0.15, 0.2) is 54.6 Å². The maximum Gasteiger partial charge on any atom is 0.244 e. The quantitative estimate of drug-likeness (QED) is 0.747. The molecule has 0 aliphatic carbocycles. The van der Waals surface area contributed by atoms with E-state index in [1.807, 2.05) is 57.2 Å². The smallest absolute Gasteiger partial charge is 0.244 e. The third kappa shape index (κ3) is 5.57. The first-order chi connectivity index (χ1) is 13.0. The molecule has 1 amide bonds. The second-order valence-corrected chi connectivity index (χ2v) is 9.47. The molecule has 0 radical (unpaired) electrons. The Labute approximate surface area is 167 Å². The van der Waals surface area contributed by atoms with E-state index in [1.165, 1.54) is 24.3 Å². The zero-order valence-corrected chi connectivity index (χ0v) is 17.4. The summed E-state index contributed by atoms with van der Waals surface area (Å²) >= 11 is 0. The van der Waals surface area contributed by atoms with E-state index in [2.05, 4.69) is 0 Å². The van der Waals surface area contributed by atoms with Gasteiger partial charge in [0.1, 0.15) is 6.54 Å². The number of benzene rings is 2. The molecule has 0 fully saturated rings. The van der Waals surface area contributed by atoms with E-state index in [0.29, 0.717) is 17.8 Å². The lowest BCUT2D eigenvalue weighted by Gasteiger charge is -2.37.